The number of ether oxygens (including phenoxy) is 2. The summed E-state index contributed by atoms with van der Waals surface area (Å²) in [6, 6.07) is -1.13. The fraction of sp³-hybridized carbons (Fsp3) is 0.868. The first-order valence-electron chi connectivity index (χ1n) is 19.8. The third-order valence-electron chi connectivity index (χ3n) is 9.34. The smallest absolute Gasteiger partial charge is 0.394 e. The van der Waals surface area contributed by atoms with Crippen LogP contribution in [0.25, 0.3) is 0 Å². The van der Waals surface area contributed by atoms with E-state index in [1.54, 1.807) is 6.08 Å². The van der Waals surface area contributed by atoms with E-state index in [9.17, 15) is 38.7 Å². The number of nitrogens with one attached hydrogen (secondary N) is 1. The zero-order valence-corrected chi connectivity index (χ0v) is 32.5. The minimum Gasteiger partial charge on any atom is -0.394 e. The van der Waals surface area contributed by atoms with Crippen molar-refractivity contribution in [2.45, 2.75) is 198 Å². The Kier molecular flexibility index (Phi) is 27.9. The average Bonchev–Trinajstić information content (AvgIpc) is 3.11. The molecule has 0 aliphatic carbocycles. The van der Waals surface area contributed by atoms with Crippen molar-refractivity contribution in [1.82, 2.24) is 5.32 Å². The fourth-order valence-electron chi connectivity index (χ4n) is 6.11. The first kappa shape index (κ1) is 48.6. The zero-order chi connectivity index (χ0) is 38.6. The Morgan fingerprint density at radius 2 is 1.29 bits per heavy atom. The minimum atomic E-state index is -5.11. The van der Waals surface area contributed by atoms with E-state index in [1.807, 2.05) is 0 Å². The average molecular weight is 766 g/mol. The maximum Gasteiger partial charge on any atom is 0.397 e. The molecule has 0 aromatic rings. The second kappa shape index (κ2) is 29.8. The lowest BCUT2D eigenvalue weighted by molar-refractivity contribution is -0.298. The van der Waals surface area contributed by atoms with Gasteiger partial charge in [0.15, 0.2) is 6.29 Å². The first-order chi connectivity index (χ1) is 24.9. The van der Waals surface area contributed by atoms with Crippen molar-refractivity contribution in [2.24, 2.45) is 0 Å². The van der Waals surface area contributed by atoms with Crippen molar-refractivity contribution in [1.29, 1.82) is 0 Å². The lowest BCUT2D eigenvalue weighted by Crippen LogP contribution is -2.61. The quantitative estimate of drug-likeness (QED) is 0.0268. The topological polar surface area (TPSA) is 212 Å². The Morgan fingerprint density at radius 3 is 1.83 bits per heavy atom. The van der Waals surface area contributed by atoms with Gasteiger partial charge in [-0.1, -0.05) is 147 Å². The summed E-state index contributed by atoms with van der Waals surface area (Å²) in [6.07, 6.45) is 18.8. The van der Waals surface area contributed by atoms with Gasteiger partial charge in [-0.05, 0) is 25.7 Å². The van der Waals surface area contributed by atoms with Gasteiger partial charge in [0.25, 0.3) is 0 Å². The number of carbonyl (C=O) groups is 1. The summed E-state index contributed by atoms with van der Waals surface area (Å²) in [6.45, 7) is 3.08. The molecule has 1 amide bonds. The predicted octanol–water partition coefficient (Wildman–Crippen LogP) is 5.18. The van der Waals surface area contributed by atoms with E-state index in [-0.39, 0.29) is 6.42 Å². The molecule has 0 spiro atoms. The molecule has 7 N–H and O–H groups in total. The summed E-state index contributed by atoms with van der Waals surface area (Å²) in [5, 5.41) is 54.7. The summed E-state index contributed by atoms with van der Waals surface area (Å²) in [4.78, 5) is 13.0. The Balaban J connectivity index is 2.63. The molecule has 8 unspecified atom stereocenters. The SMILES string of the molecule is CCCC/C=C/CC/C=C/C(O)C(COC1OC(CO)C(O)C(OS(=O)(=O)O)C1O)NC(=O)C(O)CCCCCCCCCCCCCCCCC. The van der Waals surface area contributed by atoms with Crippen LogP contribution in [-0.2, 0) is 28.9 Å². The van der Waals surface area contributed by atoms with Crippen LogP contribution < -0.4 is 5.32 Å². The first-order valence-corrected chi connectivity index (χ1v) is 21.2. The van der Waals surface area contributed by atoms with Gasteiger partial charge in [0.2, 0.25) is 5.91 Å². The van der Waals surface area contributed by atoms with Gasteiger partial charge in [-0.25, -0.2) is 4.18 Å². The van der Waals surface area contributed by atoms with Gasteiger partial charge in [-0.15, -0.1) is 0 Å². The lowest BCUT2D eigenvalue weighted by atomic mass is 9.99. The maximum absolute atomic E-state index is 13.0. The number of aliphatic hydroxyl groups excluding tert-OH is 5. The molecule has 1 aliphatic heterocycles. The van der Waals surface area contributed by atoms with Crippen LogP contribution in [-0.4, -0.2) is 107 Å². The number of unbranched alkanes of at least 4 members (excludes halogenated alkanes) is 17. The maximum atomic E-state index is 13.0. The van der Waals surface area contributed by atoms with E-state index >= 15 is 0 Å². The van der Waals surface area contributed by atoms with Crippen molar-refractivity contribution in [3.05, 3.63) is 24.3 Å². The van der Waals surface area contributed by atoms with Crippen molar-refractivity contribution in [2.75, 3.05) is 13.2 Å². The van der Waals surface area contributed by atoms with Crippen LogP contribution in [0.15, 0.2) is 24.3 Å². The molecule has 0 radical (unpaired) electrons. The molecular formula is C38H71NO12S. The minimum absolute atomic E-state index is 0.239. The summed E-state index contributed by atoms with van der Waals surface area (Å²) in [5.74, 6) is -0.716. The molecular weight excluding hydrogens is 694 g/mol. The van der Waals surface area contributed by atoms with Crippen molar-refractivity contribution in [3.63, 3.8) is 0 Å². The summed E-state index contributed by atoms with van der Waals surface area (Å²) >= 11 is 0. The molecule has 1 rings (SSSR count). The van der Waals surface area contributed by atoms with E-state index in [2.05, 4.69) is 35.5 Å². The second-order valence-electron chi connectivity index (χ2n) is 14.0. The second-order valence-corrected chi connectivity index (χ2v) is 15.1. The van der Waals surface area contributed by atoms with Gasteiger partial charge in [0, 0.05) is 0 Å². The summed E-state index contributed by atoms with van der Waals surface area (Å²) in [7, 11) is -5.11. The molecule has 306 valence electrons. The monoisotopic (exact) mass is 765 g/mol. The van der Waals surface area contributed by atoms with Crippen molar-refractivity contribution >= 4 is 16.3 Å². The van der Waals surface area contributed by atoms with Crippen LogP contribution in [0, 0.1) is 0 Å². The van der Waals surface area contributed by atoms with E-state index < -0.39 is 78.5 Å². The molecule has 0 saturated carbocycles. The molecule has 1 saturated heterocycles. The predicted molar refractivity (Wildman–Crippen MR) is 201 cm³/mol. The number of hydrogen-bond donors (Lipinski definition) is 7. The third-order valence-corrected chi connectivity index (χ3v) is 9.81. The van der Waals surface area contributed by atoms with Crippen LogP contribution >= 0.6 is 0 Å². The Hall–Kier alpha value is -1.46. The zero-order valence-electron chi connectivity index (χ0n) is 31.7. The number of rotatable bonds is 32. The summed E-state index contributed by atoms with van der Waals surface area (Å²) < 4.78 is 47.2. The lowest BCUT2D eigenvalue weighted by Gasteiger charge is -2.41. The Labute approximate surface area is 313 Å². The molecule has 1 aliphatic rings. The number of hydrogen-bond acceptors (Lipinski definition) is 11. The van der Waals surface area contributed by atoms with E-state index in [0.717, 1.165) is 44.9 Å². The molecule has 14 heteroatoms. The highest BCUT2D eigenvalue weighted by Crippen LogP contribution is 2.26. The van der Waals surface area contributed by atoms with E-state index in [0.29, 0.717) is 12.8 Å². The number of carbonyl (C=O) groups excluding carboxylic acids is 1. The van der Waals surface area contributed by atoms with Gasteiger partial charge >= 0.3 is 10.4 Å². The largest absolute Gasteiger partial charge is 0.397 e. The van der Waals surface area contributed by atoms with Gasteiger partial charge in [0.05, 0.1) is 25.4 Å². The van der Waals surface area contributed by atoms with Crippen LogP contribution in [0.2, 0.25) is 0 Å². The van der Waals surface area contributed by atoms with Crippen molar-refractivity contribution in [3.8, 4) is 0 Å². The van der Waals surface area contributed by atoms with Crippen LogP contribution in [0.3, 0.4) is 0 Å². The van der Waals surface area contributed by atoms with Gasteiger partial charge < -0.3 is 40.3 Å². The molecule has 52 heavy (non-hydrogen) atoms. The highest BCUT2D eigenvalue weighted by atomic mass is 32.3. The van der Waals surface area contributed by atoms with Crippen LogP contribution in [0.5, 0.6) is 0 Å². The number of aliphatic hydroxyl groups is 5. The van der Waals surface area contributed by atoms with Gasteiger partial charge in [0.1, 0.15) is 30.5 Å². The molecule has 0 aromatic heterocycles. The fourth-order valence-corrected chi connectivity index (χ4v) is 6.62. The van der Waals surface area contributed by atoms with Crippen LogP contribution in [0.4, 0.5) is 0 Å². The molecule has 8 atom stereocenters. The number of amides is 1. The van der Waals surface area contributed by atoms with Crippen molar-refractivity contribution < 1.29 is 57.0 Å². The highest BCUT2D eigenvalue weighted by molar-refractivity contribution is 7.80. The standard InChI is InChI=1S/C38H71NO12S/c1-3-5-7-9-11-13-14-15-16-17-18-19-21-23-25-27-32(42)37(45)39-30(31(41)26-24-22-20-12-10-8-6-4-2)29-49-38-35(44)36(51-52(46,47)48)34(43)33(28-40)50-38/h10,12,24,26,30-36,38,40-44H,3-9,11,13-23,25,27-29H2,1-2H3,(H,39,45)(H,46,47,48)/b12-10+,26-24+. The highest BCUT2D eigenvalue weighted by Gasteiger charge is 2.48. The third kappa shape index (κ3) is 22.7. The molecule has 13 nitrogen and oxygen atoms in total. The summed E-state index contributed by atoms with van der Waals surface area (Å²) in [5.41, 5.74) is 0. The van der Waals surface area contributed by atoms with Gasteiger partial charge in [-0.3, -0.25) is 9.35 Å². The number of allylic oxidation sites excluding steroid dienone is 3. The van der Waals surface area contributed by atoms with Crippen LogP contribution in [0.1, 0.15) is 149 Å². The normalized spacial score (nSPS) is 23.0. The molecule has 0 bridgehead atoms. The Morgan fingerprint density at radius 1 is 0.769 bits per heavy atom. The van der Waals surface area contributed by atoms with Gasteiger partial charge in [-0.2, -0.15) is 8.42 Å². The molecule has 1 fully saturated rings. The molecule has 1 heterocycles. The van der Waals surface area contributed by atoms with E-state index in [4.69, 9.17) is 14.0 Å². The Bertz CT molecular complexity index is 1060. The molecule has 0 aromatic carbocycles. The van der Waals surface area contributed by atoms with E-state index in [1.165, 1.54) is 76.7 Å².